The molecule has 1 aliphatic heterocycles. The molecule has 0 saturated carbocycles. The molecule has 0 aromatic heterocycles. The van der Waals surface area contributed by atoms with Crippen LogP contribution in [0.2, 0.25) is 0 Å². The van der Waals surface area contributed by atoms with E-state index in [1.807, 2.05) is 0 Å². The van der Waals surface area contributed by atoms with Crippen molar-refractivity contribution >= 4 is 21.6 Å². The SMILES string of the molecule is CC1CN(CCNCCS(C)(=O)=O)CC(C)S1. The van der Waals surface area contributed by atoms with Gasteiger partial charge in [0.2, 0.25) is 0 Å². The van der Waals surface area contributed by atoms with Crippen molar-refractivity contribution in [1.29, 1.82) is 0 Å². The maximum absolute atomic E-state index is 10.9. The molecule has 2 unspecified atom stereocenters. The van der Waals surface area contributed by atoms with Crippen LogP contribution in [-0.2, 0) is 9.84 Å². The second-order valence-corrected chi connectivity index (χ2v) is 9.04. The number of hydrogen-bond acceptors (Lipinski definition) is 5. The van der Waals surface area contributed by atoms with Crippen molar-refractivity contribution in [2.75, 3.05) is 44.7 Å². The molecular formula is C11H24N2O2S2. The Labute approximate surface area is 109 Å². The lowest BCUT2D eigenvalue weighted by atomic mass is 10.3. The van der Waals surface area contributed by atoms with Crippen LogP contribution in [0.15, 0.2) is 0 Å². The van der Waals surface area contributed by atoms with E-state index in [-0.39, 0.29) is 5.75 Å². The normalized spacial score (nSPS) is 27.2. The van der Waals surface area contributed by atoms with Crippen LogP contribution in [0, 0.1) is 0 Å². The summed E-state index contributed by atoms with van der Waals surface area (Å²) in [5, 5.41) is 4.60. The minimum absolute atomic E-state index is 0.232. The summed E-state index contributed by atoms with van der Waals surface area (Å²) in [7, 11) is -2.83. The molecule has 0 aliphatic carbocycles. The van der Waals surface area contributed by atoms with Crippen LogP contribution in [0.25, 0.3) is 0 Å². The molecule has 1 N–H and O–H groups in total. The fraction of sp³-hybridized carbons (Fsp3) is 1.00. The Morgan fingerprint density at radius 1 is 1.24 bits per heavy atom. The topological polar surface area (TPSA) is 49.4 Å². The summed E-state index contributed by atoms with van der Waals surface area (Å²) in [6.07, 6.45) is 1.28. The zero-order valence-corrected chi connectivity index (χ0v) is 12.6. The Balaban J connectivity index is 2.10. The molecule has 1 fully saturated rings. The lowest BCUT2D eigenvalue weighted by molar-refractivity contribution is 0.271. The first-order valence-electron chi connectivity index (χ1n) is 6.13. The summed E-state index contributed by atoms with van der Waals surface area (Å²) in [5.41, 5.74) is 0. The van der Waals surface area contributed by atoms with Gasteiger partial charge in [-0.3, -0.25) is 4.90 Å². The van der Waals surface area contributed by atoms with E-state index in [1.165, 1.54) is 6.26 Å². The van der Waals surface area contributed by atoms with E-state index in [4.69, 9.17) is 0 Å². The van der Waals surface area contributed by atoms with Crippen molar-refractivity contribution < 1.29 is 8.42 Å². The van der Waals surface area contributed by atoms with E-state index in [9.17, 15) is 8.42 Å². The lowest BCUT2D eigenvalue weighted by Crippen LogP contribution is -2.43. The molecule has 1 heterocycles. The Morgan fingerprint density at radius 2 is 1.82 bits per heavy atom. The van der Waals surface area contributed by atoms with Gasteiger partial charge in [0.05, 0.1) is 5.75 Å². The van der Waals surface area contributed by atoms with Gasteiger partial charge in [0.15, 0.2) is 0 Å². The molecule has 1 aliphatic rings. The average Bonchev–Trinajstić information content (AvgIpc) is 2.13. The molecule has 17 heavy (non-hydrogen) atoms. The van der Waals surface area contributed by atoms with Crippen molar-refractivity contribution in [3.63, 3.8) is 0 Å². The van der Waals surface area contributed by atoms with Crippen LogP contribution < -0.4 is 5.32 Å². The van der Waals surface area contributed by atoms with Crippen LogP contribution in [0.5, 0.6) is 0 Å². The van der Waals surface area contributed by atoms with E-state index < -0.39 is 9.84 Å². The van der Waals surface area contributed by atoms with E-state index in [0.29, 0.717) is 17.0 Å². The van der Waals surface area contributed by atoms with Gasteiger partial charge in [-0.1, -0.05) is 13.8 Å². The zero-order chi connectivity index (χ0) is 12.9. The van der Waals surface area contributed by atoms with Crippen molar-refractivity contribution in [3.05, 3.63) is 0 Å². The van der Waals surface area contributed by atoms with Gasteiger partial charge in [-0.05, 0) is 0 Å². The standard InChI is InChI=1S/C11H24N2O2S2/c1-10-8-13(9-11(2)16-10)6-4-12-5-7-17(3,14)15/h10-12H,4-9H2,1-3H3. The maximum Gasteiger partial charge on any atom is 0.148 e. The third-order valence-electron chi connectivity index (χ3n) is 2.75. The van der Waals surface area contributed by atoms with Gasteiger partial charge in [-0.25, -0.2) is 8.42 Å². The van der Waals surface area contributed by atoms with Gasteiger partial charge in [-0.15, -0.1) is 0 Å². The molecule has 102 valence electrons. The van der Waals surface area contributed by atoms with E-state index in [0.717, 1.165) is 26.2 Å². The fourth-order valence-electron chi connectivity index (χ4n) is 2.09. The summed E-state index contributed by atoms with van der Waals surface area (Å²) in [4.78, 5) is 2.46. The summed E-state index contributed by atoms with van der Waals surface area (Å²) >= 11 is 2.05. The molecule has 0 spiro atoms. The molecule has 4 nitrogen and oxygen atoms in total. The molecule has 6 heteroatoms. The molecule has 0 bridgehead atoms. The van der Waals surface area contributed by atoms with Gasteiger partial charge in [-0.2, -0.15) is 11.8 Å². The van der Waals surface area contributed by atoms with Gasteiger partial charge in [0, 0.05) is 49.5 Å². The second-order valence-electron chi connectivity index (χ2n) is 4.90. The van der Waals surface area contributed by atoms with Gasteiger partial charge in [0.1, 0.15) is 9.84 Å². The Kier molecular flexibility index (Phi) is 6.26. The van der Waals surface area contributed by atoms with Gasteiger partial charge < -0.3 is 5.32 Å². The lowest BCUT2D eigenvalue weighted by Gasteiger charge is -2.34. The number of nitrogens with zero attached hydrogens (tertiary/aromatic N) is 1. The number of thioether (sulfide) groups is 1. The first kappa shape index (κ1) is 15.3. The van der Waals surface area contributed by atoms with E-state index in [2.05, 4.69) is 35.8 Å². The molecular weight excluding hydrogens is 256 g/mol. The maximum atomic E-state index is 10.9. The molecule has 0 amide bonds. The highest BCUT2D eigenvalue weighted by Gasteiger charge is 2.21. The fourth-order valence-corrected chi connectivity index (χ4v) is 3.99. The summed E-state index contributed by atoms with van der Waals surface area (Å²) < 4.78 is 21.9. The third kappa shape index (κ3) is 7.28. The summed E-state index contributed by atoms with van der Waals surface area (Å²) in [5.74, 6) is 0.232. The Hall–Kier alpha value is 0.220. The number of rotatable bonds is 6. The van der Waals surface area contributed by atoms with Crippen LogP contribution in [-0.4, -0.2) is 68.5 Å². The highest BCUT2D eigenvalue weighted by molar-refractivity contribution is 8.00. The van der Waals surface area contributed by atoms with Crippen molar-refractivity contribution in [2.45, 2.75) is 24.3 Å². The summed E-state index contributed by atoms with van der Waals surface area (Å²) in [6, 6.07) is 0. The Morgan fingerprint density at radius 3 is 2.35 bits per heavy atom. The number of hydrogen-bond donors (Lipinski definition) is 1. The molecule has 0 aromatic carbocycles. The summed E-state index contributed by atoms with van der Waals surface area (Å²) in [6.45, 7) is 9.27. The first-order chi connectivity index (χ1) is 7.87. The predicted octanol–water partition coefficient (Wildman–Crippen LogP) is 0.446. The second kappa shape index (κ2) is 6.97. The van der Waals surface area contributed by atoms with Crippen molar-refractivity contribution in [1.82, 2.24) is 10.2 Å². The zero-order valence-electron chi connectivity index (χ0n) is 11.0. The molecule has 1 rings (SSSR count). The highest BCUT2D eigenvalue weighted by atomic mass is 32.2. The van der Waals surface area contributed by atoms with E-state index in [1.54, 1.807) is 0 Å². The highest BCUT2D eigenvalue weighted by Crippen LogP contribution is 2.24. The van der Waals surface area contributed by atoms with Crippen LogP contribution in [0.3, 0.4) is 0 Å². The molecule has 0 radical (unpaired) electrons. The quantitative estimate of drug-likeness (QED) is 0.716. The third-order valence-corrected chi connectivity index (χ3v) is 4.92. The molecule has 0 aromatic rings. The van der Waals surface area contributed by atoms with Crippen LogP contribution >= 0.6 is 11.8 Å². The predicted molar refractivity (Wildman–Crippen MR) is 75.5 cm³/mol. The number of sulfone groups is 1. The first-order valence-corrected chi connectivity index (χ1v) is 9.13. The number of nitrogens with one attached hydrogen (secondary N) is 1. The monoisotopic (exact) mass is 280 g/mol. The van der Waals surface area contributed by atoms with Gasteiger partial charge >= 0.3 is 0 Å². The van der Waals surface area contributed by atoms with E-state index >= 15 is 0 Å². The van der Waals surface area contributed by atoms with Crippen LogP contribution in [0.1, 0.15) is 13.8 Å². The van der Waals surface area contributed by atoms with Crippen LogP contribution in [0.4, 0.5) is 0 Å². The molecule has 2 atom stereocenters. The van der Waals surface area contributed by atoms with Crippen molar-refractivity contribution in [3.8, 4) is 0 Å². The Bertz CT molecular complexity index is 309. The van der Waals surface area contributed by atoms with Gasteiger partial charge in [0.25, 0.3) is 0 Å². The van der Waals surface area contributed by atoms with Crippen molar-refractivity contribution in [2.24, 2.45) is 0 Å². The minimum atomic E-state index is -2.83. The largest absolute Gasteiger partial charge is 0.314 e. The molecule has 1 saturated heterocycles. The average molecular weight is 280 g/mol. The minimum Gasteiger partial charge on any atom is -0.314 e. The smallest absolute Gasteiger partial charge is 0.148 e.